The van der Waals surface area contributed by atoms with Crippen molar-refractivity contribution in [1.82, 2.24) is 15.0 Å². The largest absolute Gasteiger partial charge is 0.468 e. The van der Waals surface area contributed by atoms with Crippen molar-refractivity contribution in [2.75, 3.05) is 7.11 Å². The maximum Gasteiger partial charge on any atom is 0.316 e. The first-order valence-corrected chi connectivity index (χ1v) is 6.17. The number of hydrogen-bond acceptors (Lipinski definition) is 5. The van der Waals surface area contributed by atoms with Crippen LogP contribution in [-0.2, 0) is 21.4 Å². The lowest BCUT2D eigenvalue weighted by atomic mass is 9.95. The topological polar surface area (TPSA) is 74.1 Å². The number of aromatic nitrogens is 3. The van der Waals surface area contributed by atoms with Crippen LogP contribution < -0.4 is 0 Å². The monoisotopic (exact) mass is 263 g/mol. The van der Waals surface area contributed by atoms with Gasteiger partial charge in [-0.2, -0.15) is 0 Å². The van der Waals surface area contributed by atoms with E-state index in [4.69, 9.17) is 0 Å². The van der Waals surface area contributed by atoms with Crippen LogP contribution in [0.4, 0.5) is 0 Å². The molecule has 0 aliphatic heterocycles. The predicted octanol–water partition coefficient (Wildman–Crippen LogP) is 0.853. The van der Waals surface area contributed by atoms with Gasteiger partial charge < -0.3 is 4.74 Å². The highest BCUT2D eigenvalue weighted by Gasteiger charge is 2.48. The molecule has 1 saturated carbocycles. The minimum absolute atomic E-state index is 0.0811. The van der Waals surface area contributed by atoms with Gasteiger partial charge in [0.1, 0.15) is 5.92 Å². The van der Waals surface area contributed by atoms with E-state index in [1.807, 2.05) is 0 Å². The van der Waals surface area contributed by atoms with Gasteiger partial charge >= 0.3 is 5.97 Å². The van der Waals surface area contributed by atoms with E-state index < -0.39 is 11.9 Å². The average Bonchev–Trinajstić information content (AvgIpc) is 3.09. The maximum atomic E-state index is 12.3. The smallest absolute Gasteiger partial charge is 0.316 e. The molecule has 0 radical (unpaired) electrons. The molecular formula is C13H17N3O3. The Labute approximate surface area is 111 Å². The number of nitrogens with zero attached hydrogens (tertiary/aromatic N) is 3. The summed E-state index contributed by atoms with van der Waals surface area (Å²) in [6, 6.07) is 0. The highest BCUT2D eigenvalue weighted by atomic mass is 16.5. The third-order valence-electron chi connectivity index (χ3n) is 3.39. The molecule has 1 aromatic rings. The van der Waals surface area contributed by atoms with Crippen molar-refractivity contribution in [3.63, 3.8) is 0 Å². The second-order valence-corrected chi connectivity index (χ2v) is 4.77. The summed E-state index contributed by atoms with van der Waals surface area (Å²) in [5, 5.41) is 7.86. The quantitative estimate of drug-likeness (QED) is 0.432. The number of rotatable bonds is 6. The van der Waals surface area contributed by atoms with Crippen LogP contribution in [0.3, 0.4) is 0 Å². The van der Waals surface area contributed by atoms with Crippen LogP contribution >= 0.6 is 0 Å². The number of allylic oxidation sites excluding steroid dienone is 1. The van der Waals surface area contributed by atoms with Crippen molar-refractivity contribution in [2.24, 2.45) is 18.9 Å². The Hall–Kier alpha value is -1.98. The van der Waals surface area contributed by atoms with Gasteiger partial charge in [0.25, 0.3) is 0 Å². The predicted molar refractivity (Wildman–Crippen MR) is 67.2 cm³/mol. The number of ether oxygens (including phenoxy) is 1. The van der Waals surface area contributed by atoms with Crippen LogP contribution in [0.2, 0.25) is 0 Å². The van der Waals surface area contributed by atoms with Crippen molar-refractivity contribution < 1.29 is 14.3 Å². The molecule has 1 aliphatic carbocycles. The molecular weight excluding hydrogens is 246 g/mol. The number of aryl methyl sites for hydroxylation is 1. The highest BCUT2D eigenvalue weighted by Crippen LogP contribution is 2.48. The fourth-order valence-corrected chi connectivity index (χ4v) is 2.27. The Morgan fingerprint density at radius 3 is 2.95 bits per heavy atom. The first-order valence-electron chi connectivity index (χ1n) is 6.17. The van der Waals surface area contributed by atoms with Gasteiger partial charge in [0.05, 0.1) is 12.8 Å². The molecule has 0 N–H and O–H groups in total. The third kappa shape index (κ3) is 2.72. The number of carbonyl (C=O) groups is 2. The van der Waals surface area contributed by atoms with Crippen molar-refractivity contribution in [3.8, 4) is 0 Å². The minimum Gasteiger partial charge on any atom is -0.468 e. The zero-order chi connectivity index (χ0) is 14.0. The second kappa shape index (κ2) is 5.34. The van der Waals surface area contributed by atoms with Crippen molar-refractivity contribution in [2.45, 2.75) is 18.8 Å². The van der Waals surface area contributed by atoms with Crippen molar-refractivity contribution in [1.29, 1.82) is 0 Å². The van der Waals surface area contributed by atoms with Crippen LogP contribution in [0.15, 0.2) is 18.9 Å². The van der Waals surface area contributed by atoms with Crippen LogP contribution in [0.5, 0.6) is 0 Å². The van der Waals surface area contributed by atoms with Crippen LogP contribution in [0.25, 0.3) is 0 Å². The lowest BCUT2D eigenvalue weighted by Crippen LogP contribution is -2.26. The maximum absolute atomic E-state index is 12.3. The molecule has 19 heavy (non-hydrogen) atoms. The molecule has 102 valence electrons. The number of ketones is 1. The van der Waals surface area contributed by atoms with Gasteiger partial charge in [-0.1, -0.05) is 11.3 Å². The summed E-state index contributed by atoms with van der Waals surface area (Å²) < 4.78 is 6.28. The molecule has 2 rings (SSSR count). The van der Waals surface area contributed by atoms with E-state index in [0.717, 1.165) is 12.1 Å². The van der Waals surface area contributed by atoms with E-state index in [0.29, 0.717) is 6.42 Å². The third-order valence-corrected chi connectivity index (χ3v) is 3.39. The zero-order valence-electron chi connectivity index (χ0n) is 11.1. The van der Waals surface area contributed by atoms with Gasteiger partial charge in [0.15, 0.2) is 5.78 Å². The van der Waals surface area contributed by atoms with Gasteiger partial charge in [-0.15, -0.1) is 11.7 Å². The summed E-state index contributed by atoms with van der Waals surface area (Å²) in [7, 11) is 3.07. The first kappa shape index (κ1) is 13.5. The van der Waals surface area contributed by atoms with E-state index in [-0.39, 0.29) is 17.6 Å². The summed E-state index contributed by atoms with van der Waals surface area (Å²) >= 11 is 0. The second-order valence-electron chi connectivity index (χ2n) is 4.77. The number of hydrogen-bond donors (Lipinski definition) is 0. The number of Topliss-reactive ketones (excluding diaryl/α,β-unsaturated/α-hetero) is 1. The van der Waals surface area contributed by atoms with E-state index >= 15 is 0 Å². The lowest BCUT2D eigenvalue weighted by molar-refractivity contribution is -0.149. The number of carbonyl (C=O) groups excluding carboxylic acids is 2. The van der Waals surface area contributed by atoms with E-state index in [9.17, 15) is 9.59 Å². The van der Waals surface area contributed by atoms with Gasteiger partial charge in [-0.3, -0.25) is 14.3 Å². The number of methoxy groups -OCH3 is 1. The Bertz CT molecular complexity index is 509. The SMILES string of the molecule is C=CCC(C(=O)OC)C(=O)[C@@H]1C[C@H]1c1cn(C)nn1. The van der Waals surface area contributed by atoms with Crippen LogP contribution in [0.1, 0.15) is 24.5 Å². The molecule has 0 spiro atoms. The highest BCUT2D eigenvalue weighted by molar-refractivity contribution is 6.01. The molecule has 0 saturated heterocycles. The van der Waals surface area contributed by atoms with E-state index in [1.54, 1.807) is 24.0 Å². The van der Waals surface area contributed by atoms with Crippen LogP contribution in [-0.4, -0.2) is 33.9 Å². The summed E-state index contributed by atoms with van der Waals surface area (Å²) in [4.78, 5) is 23.9. The Morgan fingerprint density at radius 2 is 2.42 bits per heavy atom. The lowest BCUT2D eigenvalue weighted by Gasteiger charge is -2.10. The van der Waals surface area contributed by atoms with Gasteiger partial charge in [0.2, 0.25) is 0 Å². The minimum atomic E-state index is -0.742. The Morgan fingerprint density at radius 1 is 1.68 bits per heavy atom. The van der Waals surface area contributed by atoms with Crippen molar-refractivity contribution in [3.05, 3.63) is 24.5 Å². The van der Waals surface area contributed by atoms with Gasteiger partial charge in [-0.25, -0.2) is 0 Å². The molecule has 6 nitrogen and oxygen atoms in total. The molecule has 1 aromatic heterocycles. The molecule has 1 unspecified atom stereocenters. The van der Waals surface area contributed by atoms with E-state index in [2.05, 4.69) is 21.6 Å². The molecule has 1 heterocycles. The molecule has 1 fully saturated rings. The van der Waals surface area contributed by atoms with Gasteiger partial charge in [-0.05, 0) is 12.8 Å². The molecule has 3 atom stereocenters. The van der Waals surface area contributed by atoms with Crippen molar-refractivity contribution >= 4 is 11.8 Å². The average molecular weight is 263 g/mol. The summed E-state index contributed by atoms with van der Waals surface area (Å²) in [5.41, 5.74) is 0.808. The molecule has 0 aromatic carbocycles. The van der Waals surface area contributed by atoms with Gasteiger partial charge in [0, 0.05) is 25.1 Å². The fourth-order valence-electron chi connectivity index (χ4n) is 2.27. The normalized spacial score (nSPS) is 22.6. The Kier molecular flexibility index (Phi) is 3.78. The fraction of sp³-hybridized carbons (Fsp3) is 0.538. The number of esters is 1. The zero-order valence-corrected chi connectivity index (χ0v) is 11.1. The molecule has 0 amide bonds. The van der Waals surface area contributed by atoms with Crippen LogP contribution in [0, 0.1) is 11.8 Å². The van der Waals surface area contributed by atoms with E-state index in [1.165, 1.54) is 7.11 Å². The standard InChI is InChI=1S/C13H17N3O3/c1-4-5-8(13(18)19-3)12(17)10-6-9(10)11-7-16(2)15-14-11/h4,7-10H,1,5-6H2,2-3H3/t8?,9-,10-/m1/s1. The summed E-state index contributed by atoms with van der Waals surface area (Å²) in [5.74, 6) is -1.38. The molecule has 0 bridgehead atoms. The summed E-state index contributed by atoms with van der Waals surface area (Å²) in [6.07, 6.45) is 4.41. The molecule has 6 heteroatoms. The first-order chi connectivity index (χ1) is 9.08. The Balaban J connectivity index is 2.04. The molecule has 1 aliphatic rings. The summed E-state index contributed by atoms with van der Waals surface area (Å²) in [6.45, 7) is 3.57.